The van der Waals surface area contributed by atoms with Crippen molar-refractivity contribution in [3.63, 3.8) is 0 Å². The highest BCUT2D eigenvalue weighted by molar-refractivity contribution is 6.35. The van der Waals surface area contributed by atoms with Crippen molar-refractivity contribution >= 4 is 46.0 Å². The maximum absolute atomic E-state index is 13.6. The molecule has 0 amide bonds. The number of hydrogen-bond donors (Lipinski definition) is 0. The SMILES string of the molecule is Cc1ccnc2c1nc(CCl)n2-c1cc(Cl)c(F)c(Cl)c1. The average Bonchev–Trinajstić information content (AvgIpc) is 2.84. The Morgan fingerprint density at radius 3 is 2.52 bits per heavy atom. The van der Waals surface area contributed by atoms with E-state index in [2.05, 4.69) is 9.97 Å². The number of alkyl halides is 1. The molecule has 21 heavy (non-hydrogen) atoms. The summed E-state index contributed by atoms with van der Waals surface area (Å²) in [5.74, 6) is 0.123. The molecule has 2 heterocycles. The Balaban J connectivity index is 2.36. The lowest BCUT2D eigenvalue weighted by atomic mass is 10.2. The Kier molecular flexibility index (Phi) is 3.78. The van der Waals surface area contributed by atoms with Crippen LogP contribution in [0.25, 0.3) is 16.9 Å². The fraction of sp³-hybridized carbons (Fsp3) is 0.143. The quantitative estimate of drug-likeness (QED) is 0.488. The molecule has 0 aliphatic rings. The summed E-state index contributed by atoms with van der Waals surface area (Å²) in [6.45, 7) is 1.93. The molecule has 3 nitrogen and oxygen atoms in total. The van der Waals surface area contributed by atoms with Crippen LogP contribution < -0.4 is 0 Å². The van der Waals surface area contributed by atoms with Gasteiger partial charge in [0.25, 0.3) is 0 Å². The second-order valence-corrected chi connectivity index (χ2v) is 5.60. The van der Waals surface area contributed by atoms with Crippen molar-refractivity contribution in [2.24, 2.45) is 0 Å². The summed E-state index contributed by atoms with van der Waals surface area (Å²) in [5.41, 5.74) is 2.92. The molecule has 108 valence electrons. The molecular weight excluding hydrogens is 336 g/mol. The van der Waals surface area contributed by atoms with Crippen molar-refractivity contribution in [2.45, 2.75) is 12.8 Å². The van der Waals surface area contributed by atoms with Gasteiger partial charge in [-0.15, -0.1) is 11.6 Å². The van der Waals surface area contributed by atoms with Crippen molar-refractivity contribution < 1.29 is 4.39 Å². The second-order valence-electron chi connectivity index (χ2n) is 4.52. The van der Waals surface area contributed by atoms with Gasteiger partial charge in [-0.2, -0.15) is 0 Å². The molecule has 0 aliphatic carbocycles. The number of pyridine rings is 1. The van der Waals surface area contributed by atoms with Crippen LogP contribution in [0.1, 0.15) is 11.4 Å². The van der Waals surface area contributed by atoms with E-state index in [0.717, 1.165) is 11.1 Å². The average molecular weight is 345 g/mol. The molecule has 1 aromatic carbocycles. The highest BCUT2D eigenvalue weighted by Crippen LogP contribution is 2.30. The molecule has 0 unspecified atom stereocenters. The first-order chi connectivity index (χ1) is 10.0. The number of nitrogens with zero attached hydrogens (tertiary/aromatic N) is 3. The highest BCUT2D eigenvalue weighted by atomic mass is 35.5. The smallest absolute Gasteiger partial charge is 0.164 e. The van der Waals surface area contributed by atoms with Gasteiger partial charge >= 0.3 is 0 Å². The van der Waals surface area contributed by atoms with Crippen molar-refractivity contribution in [1.29, 1.82) is 0 Å². The minimum Gasteiger partial charge on any atom is -0.280 e. The summed E-state index contributed by atoms with van der Waals surface area (Å²) in [4.78, 5) is 8.81. The largest absolute Gasteiger partial charge is 0.280 e. The number of hydrogen-bond acceptors (Lipinski definition) is 2. The summed E-state index contributed by atoms with van der Waals surface area (Å²) in [7, 11) is 0. The highest BCUT2D eigenvalue weighted by Gasteiger charge is 2.17. The maximum Gasteiger partial charge on any atom is 0.164 e. The second kappa shape index (κ2) is 5.44. The van der Waals surface area contributed by atoms with Gasteiger partial charge in [0.1, 0.15) is 11.3 Å². The van der Waals surface area contributed by atoms with E-state index in [1.165, 1.54) is 12.1 Å². The monoisotopic (exact) mass is 343 g/mol. The Labute approximate surface area is 135 Å². The van der Waals surface area contributed by atoms with E-state index in [9.17, 15) is 4.39 Å². The Hall–Kier alpha value is -1.36. The predicted molar refractivity (Wildman–Crippen MR) is 83.1 cm³/mol. The molecule has 0 N–H and O–H groups in total. The maximum atomic E-state index is 13.6. The summed E-state index contributed by atoms with van der Waals surface area (Å²) in [5, 5.41) is -0.125. The van der Waals surface area contributed by atoms with E-state index in [1.807, 2.05) is 13.0 Å². The van der Waals surface area contributed by atoms with Crippen LogP contribution in [-0.4, -0.2) is 14.5 Å². The van der Waals surface area contributed by atoms with E-state index < -0.39 is 5.82 Å². The standard InChI is InChI=1S/C14H9Cl3FN3/c1-7-2-3-19-14-13(7)20-11(6-15)21(14)8-4-9(16)12(18)10(17)5-8/h2-5H,6H2,1H3. The molecular formula is C14H9Cl3FN3. The third-order valence-corrected chi connectivity index (χ3v) is 3.95. The first-order valence-electron chi connectivity index (χ1n) is 6.06. The minimum absolute atomic E-state index is 0.0625. The van der Waals surface area contributed by atoms with Crippen molar-refractivity contribution in [1.82, 2.24) is 14.5 Å². The number of halogens is 4. The first kappa shape index (κ1) is 14.6. The van der Waals surface area contributed by atoms with Gasteiger partial charge in [-0.05, 0) is 30.7 Å². The molecule has 3 aromatic rings. The van der Waals surface area contributed by atoms with Gasteiger partial charge in [-0.1, -0.05) is 23.2 Å². The van der Waals surface area contributed by atoms with Crippen LogP contribution in [-0.2, 0) is 5.88 Å². The van der Waals surface area contributed by atoms with Gasteiger partial charge in [0.2, 0.25) is 0 Å². The number of rotatable bonds is 2. The van der Waals surface area contributed by atoms with Crippen LogP contribution in [0.15, 0.2) is 24.4 Å². The van der Waals surface area contributed by atoms with Gasteiger partial charge in [0, 0.05) is 6.20 Å². The Morgan fingerprint density at radius 1 is 1.24 bits per heavy atom. The summed E-state index contributed by atoms with van der Waals surface area (Å²) < 4.78 is 15.3. The molecule has 0 fully saturated rings. The van der Waals surface area contributed by atoms with E-state index in [0.29, 0.717) is 17.2 Å². The molecule has 0 bridgehead atoms. The number of aryl methyl sites for hydroxylation is 1. The summed E-state index contributed by atoms with van der Waals surface area (Å²) >= 11 is 17.7. The predicted octanol–water partition coefficient (Wildman–Crippen LogP) is 4.91. The molecule has 0 radical (unpaired) electrons. The van der Waals surface area contributed by atoms with Crippen LogP contribution in [0.5, 0.6) is 0 Å². The van der Waals surface area contributed by atoms with E-state index >= 15 is 0 Å². The molecule has 2 aromatic heterocycles. The van der Waals surface area contributed by atoms with Gasteiger partial charge < -0.3 is 0 Å². The summed E-state index contributed by atoms with van der Waals surface area (Å²) in [6, 6.07) is 4.82. The third kappa shape index (κ3) is 2.37. The van der Waals surface area contributed by atoms with E-state index in [1.54, 1.807) is 10.8 Å². The van der Waals surface area contributed by atoms with Crippen molar-refractivity contribution in [2.75, 3.05) is 0 Å². The molecule has 3 rings (SSSR count). The molecule has 0 spiro atoms. The zero-order valence-corrected chi connectivity index (χ0v) is 13.1. The van der Waals surface area contributed by atoms with Gasteiger partial charge in [-0.25, -0.2) is 14.4 Å². The fourth-order valence-corrected chi connectivity index (χ4v) is 2.83. The zero-order valence-electron chi connectivity index (χ0n) is 10.9. The van der Waals surface area contributed by atoms with Gasteiger partial charge in [0.05, 0.1) is 21.6 Å². The molecule has 0 saturated carbocycles. The Morgan fingerprint density at radius 2 is 1.90 bits per heavy atom. The number of benzene rings is 1. The number of aromatic nitrogens is 3. The lowest BCUT2D eigenvalue weighted by molar-refractivity contribution is 0.628. The van der Waals surface area contributed by atoms with Gasteiger partial charge in [-0.3, -0.25) is 4.57 Å². The van der Waals surface area contributed by atoms with Crippen LogP contribution in [0.4, 0.5) is 4.39 Å². The third-order valence-electron chi connectivity index (χ3n) is 3.16. The topological polar surface area (TPSA) is 30.7 Å². The molecule has 0 atom stereocenters. The molecule has 0 aliphatic heterocycles. The van der Waals surface area contributed by atoms with Gasteiger partial charge in [0.15, 0.2) is 11.5 Å². The van der Waals surface area contributed by atoms with Crippen LogP contribution in [0, 0.1) is 12.7 Å². The van der Waals surface area contributed by atoms with Crippen LogP contribution in [0.2, 0.25) is 10.0 Å². The zero-order chi connectivity index (χ0) is 15.1. The lowest BCUT2D eigenvalue weighted by Gasteiger charge is -2.09. The van der Waals surface area contributed by atoms with E-state index in [-0.39, 0.29) is 15.9 Å². The molecule has 7 heteroatoms. The fourth-order valence-electron chi connectivity index (χ4n) is 2.17. The normalized spacial score (nSPS) is 11.3. The Bertz CT molecular complexity index is 822. The van der Waals surface area contributed by atoms with Crippen molar-refractivity contribution in [3.8, 4) is 5.69 Å². The van der Waals surface area contributed by atoms with Crippen LogP contribution >= 0.6 is 34.8 Å². The lowest BCUT2D eigenvalue weighted by Crippen LogP contribution is -2.01. The summed E-state index contributed by atoms with van der Waals surface area (Å²) in [6.07, 6.45) is 1.68. The van der Waals surface area contributed by atoms with E-state index in [4.69, 9.17) is 34.8 Å². The van der Waals surface area contributed by atoms with Crippen molar-refractivity contribution in [3.05, 3.63) is 51.6 Å². The number of imidazole rings is 1. The van der Waals surface area contributed by atoms with Crippen LogP contribution in [0.3, 0.4) is 0 Å². The minimum atomic E-state index is -0.650. The first-order valence-corrected chi connectivity index (χ1v) is 7.35. The number of fused-ring (bicyclic) bond motifs is 1. The molecule has 0 saturated heterocycles.